The largest absolute Gasteiger partial charge is 0.383 e. The maximum absolute atomic E-state index is 13.1. The molecule has 2 aromatic heterocycles. The lowest BCUT2D eigenvalue weighted by atomic mass is 10.1. The van der Waals surface area contributed by atoms with Gasteiger partial charge in [-0.3, -0.25) is 13.9 Å². The molecule has 148 valence electrons. The van der Waals surface area contributed by atoms with Gasteiger partial charge in [0.05, 0.1) is 13.2 Å². The minimum absolute atomic E-state index is 0.200. The number of ether oxygens (including phenoxy) is 1. The van der Waals surface area contributed by atoms with E-state index in [0.29, 0.717) is 28.7 Å². The van der Waals surface area contributed by atoms with Gasteiger partial charge in [0.2, 0.25) is 5.95 Å². The molecule has 8 nitrogen and oxygen atoms in total. The second-order valence-corrected chi connectivity index (χ2v) is 7.62. The van der Waals surface area contributed by atoms with Gasteiger partial charge in [-0.15, -0.1) is 0 Å². The molecule has 1 aliphatic rings. The van der Waals surface area contributed by atoms with Crippen molar-refractivity contribution in [3.8, 4) is 0 Å². The van der Waals surface area contributed by atoms with Crippen LogP contribution in [0.15, 0.2) is 33.9 Å². The summed E-state index contributed by atoms with van der Waals surface area (Å²) in [6.07, 6.45) is 0. The molecule has 0 aliphatic carbocycles. The van der Waals surface area contributed by atoms with Gasteiger partial charge in [-0.2, -0.15) is 4.98 Å². The van der Waals surface area contributed by atoms with Gasteiger partial charge < -0.3 is 14.2 Å². The van der Waals surface area contributed by atoms with Crippen LogP contribution in [-0.2, 0) is 24.9 Å². The van der Waals surface area contributed by atoms with Gasteiger partial charge in [0.15, 0.2) is 11.2 Å². The van der Waals surface area contributed by atoms with E-state index in [1.807, 2.05) is 33.7 Å². The summed E-state index contributed by atoms with van der Waals surface area (Å²) in [6.45, 7) is 4.01. The van der Waals surface area contributed by atoms with E-state index in [9.17, 15) is 9.59 Å². The van der Waals surface area contributed by atoms with E-state index >= 15 is 0 Å². The molecular weight excluding hydrogens is 382 g/mol. The quantitative estimate of drug-likeness (QED) is 0.666. The standard InChI is InChI=1S/C19H22ClN5O3/c1-12-10-24(14-6-4-5-13(20)9-14)18-21-16-15(25(18)11-12)17(26)23(7-8-28-3)19(27)22(16)2/h4-6,9,12H,7-8,10-11H2,1-3H3/t12-/m0/s1. The van der Waals surface area contributed by atoms with Crippen LogP contribution in [0.3, 0.4) is 0 Å². The zero-order chi connectivity index (χ0) is 20.0. The summed E-state index contributed by atoms with van der Waals surface area (Å²) < 4.78 is 9.61. The Bertz CT molecular complexity index is 1160. The summed E-state index contributed by atoms with van der Waals surface area (Å²) in [4.78, 5) is 32.5. The first kappa shape index (κ1) is 18.8. The Kier molecular flexibility index (Phi) is 4.76. The van der Waals surface area contributed by atoms with Crippen molar-refractivity contribution in [2.45, 2.75) is 20.0 Å². The van der Waals surface area contributed by atoms with Gasteiger partial charge in [0.25, 0.3) is 5.56 Å². The molecule has 0 saturated heterocycles. The number of hydrogen-bond acceptors (Lipinski definition) is 5. The first-order chi connectivity index (χ1) is 13.4. The molecule has 3 aromatic rings. The third-order valence-electron chi connectivity index (χ3n) is 5.08. The van der Waals surface area contributed by atoms with Crippen molar-refractivity contribution >= 4 is 34.4 Å². The van der Waals surface area contributed by atoms with E-state index in [0.717, 1.165) is 12.2 Å². The topological polar surface area (TPSA) is 74.3 Å². The van der Waals surface area contributed by atoms with Crippen molar-refractivity contribution in [3.05, 3.63) is 50.1 Å². The minimum Gasteiger partial charge on any atom is -0.383 e. The van der Waals surface area contributed by atoms with E-state index < -0.39 is 5.69 Å². The molecule has 0 amide bonds. The zero-order valence-corrected chi connectivity index (χ0v) is 16.8. The molecule has 1 atom stereocenters. The van der Waals surface area contributed by atoms with Gasteiger partial charge >= 0.3 is 5.69 Å². The number of imidazole rings is 1. The molecular formula is C19H22ClN5O3. The number of anilines is 2. The highest BCUT2D eigenvalue weighted by Gasteiger charge is 2.29. The normalized spacial score (nSPS) is 16.6. The lowest BCUT2D eigenvalue weighted by Gasteiger charge is -2.33. The number of nitrogens with zero attached hydrogens (tertiary/aromatic N) is 5. The summed E-state index contributed by atoms with van der Waals surface area (Å²) in [5.41, 5.74) is 0.994. The van der Waals surface area contributed by atoms with Crippen molar-refractivity contribution < 1.29 is 4.74 Å². The lowest BCUT2D eigenvalue weighted by molar-refractivity contribution is 0.184. The Balaban J connectivity index is 1.98. The summed E-state index contributed by atoms with van der Waals surface area (Å²) in [6, 6.07) is 7.54. The van der Waals surface area contributed by atoms with Crippen LogP contribution in [0.25, 0.3) is 11.2 Å². The van der Waals surface area contributed by atoms with E-state index in [4.69, 9.17) is 16.3 Å². The maximum atomic E-state index is 13.1. The Morgan fingerprint density at radius 1 is 1.29 bits per heavy atom. The Morgan fingerprint density at radius 3 is 2.79 bits per heavy atom. The first-order valence-corrected chi connectivity index (χ1v) is 9.52. The molecule has 3 heterocycles. The fraction of sp³-hybridized carbons (Fsp3) is 0.421. The van der Waals surface area contributed by atoms with Crippen molar-refractivity contribution in [1.29, 1.82) is 0 Å². The molecule has 0 radical (unpaired) electrons. The van der Waals surface area contributed by atoms with Crippen molar-refractivity contribution in [1.82, 2.24) is 18.7 Å². The maximum Gasteiger partial charge on any atom is 0.332 e. The molecule has 9 heteroatoms. The average Bonchev–Trinajstić information content (AvgIpc) is 3.05. The fourth-order valence-corrected chi connectivity index (χ4v) is 3.93. The highest BCUT2D eigenvalue weighted by Crippen LogP contribution is 2.33. The molecule has 4 rings (SSSR count). The fourth-order valence-electron chi connectivity index (χ4n) is 3.75. The molecule has 1 aliphatic heterocycles. The van der Waals surface area contributed by atoms with Crippen molar-refractivity contribution in [3.63, 3.8) is 0 Å². The Labute approximate surface area is 166 Å². The SMILES string of the molecule is COCCn1c(=O)c2c(nc3n2C[C@@H](C)CN3c2cccc(Cl)c2)n(C)c1=O. The predicted octanol–water partition coefficient (Wildman–Crippen LogP) is 1.98. The molecule has 0 saturated carbocycles. The number of halogens is 1. The predicted molar refractivity (Wildman–Crippen MR) is 109 cm³/mol. The number of fused-ring (bicyclic) bond motifs is 3. The van der Waals surface area contributed by atoms with E-state index in [2.05, 4.69) is 11.9 Å². The smallest absolute Gasteiger partial charge is 0.332 e. The number of aromatic nitrogens is 4. The van der Waals surface area contributed by atoms with Crippen molar-refractivity contribution in [2.24, 2.45) is 13.0 Å². The summed E-state index contributed by atoms with van der Waals surface area (Å²) in [7, 11) is 3.18. The number of methoxy groups -OCH3 is 1. The summed E-state index contributed by atoms with van der Waals surface area (Å²) in [5.74, 6) is 0.930. The average molecular weight is 404 g/mol. The third kappa shape index (κ3) is 2.93. The minimum atomic E-state index is -0.396. The van der Waals surface area contributed by atoms with Crippen LogP contribution in [0.5, 0.6) is 0 Å². The summed E-state index contributed by atoms with van der Waals surface area (Å²) in [5, 5.41) is 0.632. The molecule has 28 heavy (non-hydrogen) atoms. The van der Waals surface area contributed by atoms with Crippen LogP contribution in [-0.4, -0.2) is 38.9 Å². The Hall–Kier alpha value is -2.58. The second kappa shape index (κ2) is 7.10. The molecule has 0 N–H and O–H groups in total. The first-order valence-electron chi connectivity index (χ1n) is 9.14. The van der Waals surface area contributed by atoms with Gasteiger partial charge in [-0.25, -0.2) is 4.79 Å². The molecule has 0 spiro atoms. The lowest BCUT2D eigenvalue weighted by Crippen LogP contribution is -2.41. The van der Waals surface area contributed by atoms with E-state index in [-0.39, 0.29) is 24.6 Å². The van der Waals surface area contributed by atoms with Gasteiger partial charge in [-0.1, -0.05) is 24.6 Å². The van der Waals surface area contributed by atoms with Crippen LogP contribution in [0, 0.1) is 5.92 Å². The monoisotopic (exact) mass is 403 g/mol. The highest BCUT2D eigenvalue weighted by molar-refractivity contribution is 6.30. The number of aryl methyl sites for hydroxylation is 1. The molecule has 0 fully saturated rings. The highest BCUT2D eigenvalue weighted by atomic mass is 35.5. The van der Waals surface area contributed by atoms with Crippen LogP contribution < -0.4 is 16.1 Å². The number of rotatable bonds is 4. The van der Waals surface area contributed by atoms with E-state index in [1.165, 1.54) is 9.13 Å². The van der Waals surface area contributed by atoms with Crippen molar-refractivity contribution in [2.75, 3.05) is 25.2 Å². The number of benzene rings is 1. The van der Waals surface area contributed by atoms with Gasteiger partial charge in [-0.05, 0) is 24.1 Å². The Morgan fingerprint density at radius 2 is 2.07 bits per heavy atom. The second-order valence-electron chi connectivity index (χ2n) is 7.18. The van der Waals surface area contributed by atoms with Crippen LogP contribution in [0.4, 0.5) is 11.6 Å². The summed E-state index contributed by atoms with van der Waals surface area (Å²) >= 11 is 6.18. The van der Waals surface area contributed by atoms with E-state index in [1.54, 1.807) is 14.2 Å². The third-order valence-corrected chi connectivity index (χ3v) is 5.32. The van der Waals surface area contributed by atoms with Gasteiger partial charge in [0, 0.05) is 38.0 Å². The van der Waals surface area contributed by atoms with Gasteiger partial charge in [0.1, 0.15) is 0 Å². The molecule has 0 unspecified atom stereocenters. The molecule has 1 aromatic carbocycles. The number of hydrogen-bond donors (Lipinski definition) is 0. The zero-order valence-electron chi connectivity index (χ0n) is 16.1. The van der Waals surface area contributed by atoms with Crippen LogP contribution >= 0.6 is 11.6 Å². The molecule has 0 bridgehead atoms. The van der Waals surface area contributed by atoms with Crippen LogP contribution in [0.1, 0.15) is 6.92 Å². The van der Waals surface area contributed by atoms with Crippen LogP contribution in [0.2, 0.25) is 5.02 Å².